The summed E-state index contributed by atoms with van der Waals surface area (Å²) in [5.41, 5.74) is 7.40. The van der Waals surface area contributed by atoms with Gasteiger partial charge in [0.2, 0.25) is 5.91 Å². The van der Waals surface area contributed by atoms with Crippen LogP contribution in [0.5, 0.6) is 5.75 Å². The maximum atomic E-state index is 12.0. The van der Waals surface area contributed by atoms with Crippen molar-refractivity contribution in [2.24, 2.45) is 5.73 Å². The zero-order valence-electron chi connectivity index (χ0n) is 10.6. The number of amides is 1. The van der Waals surface area contributed by atoms with Gasteiger partial charge in [0.1, 0.15) is 5.75 Å². The normalized spacial score (nSPS) is 11.9. The number of carbonyl (C=O) groups excluding carboxylic acids is 1. The predicted octanol–water partition coefficient (Wildman–Crippen LogP) is 2.06. The summed E-state index contributed by atoms with van der Waals surface area (Å²) in [4.78, 5) is 15.9. The summed E-state index contributed by atoms with van der Waals surface area (Å²) in [5.74, 6) is -0.0857. The minimum Gasteiger partial charge on any atom is -0.508 e. The van der Waals surface area contributed by atoms with Crippen molar-refractivity contribution in [3.8, 4) is 5.75 Å². The van der Waals surface area contributed by atoms with Gasteiger partial charge in [-0.05, 0) is 46.1 Å². The lowest BCUT2D eigenvalue weighted by atomic mass is 10.1. The van der Waals surface area contributed by atoms with Crippen molar-refractivity contribution < 1.29 is 9.90 Å². The van der Waals surface area contributed by atoms with Gasteiger partial charge in [-0.3, -0.25) is 9.78 Å². The standard InChI is InChI=1S/C14H14BrN3O2/c15-11-8-17-6-5-13(11)18-14(20)12(16)7-9-1-3-10(19)4-2-9/h1-6,8,12,19H,7,16H2,(H,17,18,20). The molecule has 0 saturated carbocycles. The number of aromatic nitrogens is 1. The van der Waals surface area contributed by atoms with Gasteiger partial charge in [0.15, 0.2) is 0 Å². The highest BCUT2D eigenvalue weighted by atomic mass is 79.9. The second-order valence-corrected chi connectivity index (χ2v) is 5.18. The Hall–Kier alpha value is -1.92. The van der Waals surface area contributed by atoms with Gasteiger partial charge in [0.05, 0.1) is 16.2 Å². The maximum Gasteiger partial charge on any atom is 0.241 e. The first-order valence-corrected chi connectivity index (χ1v) is 6.79. The fraction of sp³-hybridized carbons (Fsp3) is 0.143. The van der Waals surface area contributed by atoms with Crippen LogP contribution in [-0.4, -0.2) is 22.0 Å². The molecule has 0 aliphatic carbocycles. The average molecular weight is 336 g/mol. The van der Waals surface area contributed by atoms with E-state index in [0.717, 1.165) is 5.56 Å². The first-order chi connectivity index (χ1) is 9.56. The van der Waals surface area contributed by atoms with E-state index in [1.165, 1.54) is 0 Å². The van der Waals surface area contributed by atoms with E-state index in [1.54, 1.807) is 42.7 Å². The van der Waals surface area contributed by atoms with Crippen molar-refractivity contribution in [1.29, 1.82) is 0 Å². The third-order valence-electron chi connectivity index (χ3n) is 2.76. The van der Waals surface area contributed by atoms with Crippen LogP contribution in [0.1, 0.15) is 5.56 Å². The van der Waals surface area contributed by atoms with E-state index in [4.69, 9.17) is 5.73 Å². The summed E-state index contributed by atoms with van der Waals surface area (Å²) >= 11 is 3.30. The van der Waals surface area contributed by atoms with Crippen LogP contribution >= 0.6 is 15.9 Å². The van der Waals surface area contributed by atoms with Crippen LogP contribution in [0, 0.1) is 0 Å². The molecule has 1 unspecified atom stereocenters. The molecule has 0 radical (unpaired) electrons. The van der Waals surface area contributed by atoms with Gasteiger partial charge in [0.25, 0.3) is 0 Å². The van der Waals surface area contributed by atoms with Crippen molar-refractivity contribution >= 4 is 27.5 Å². The fourth-order valence-corrected chi connectivity index (χ4v) is 2.03. The lowest BCUT2D eigenvalue weighted by molar-refractivity contribution is -0.117. The number of hydrogen-bond acceptors (Lipinski definition) is 4. The van der Waals surface area contributed by atoms with Crippen LogP contribution in [-0.2, 0) is 11.2 Å². The van der Waals surface area contributed by atoms with E-state index >= 15 is 0 Å². The van der Waals surface area contributed by atoms with Crippen molar-refractivity contribution in [3.05, 3.63) is 52.8 Å². The molecule has 0 saturated heterocycles. The summed E-state index contributed by atoms with van der Waals surface area (Å²) in [5, 5.41) is 11.9. The Morgan fingerprint density at radius 2 is 2.05 bits per heavy atom. The molecule has 0 aliphatic heterocycles. The van der Waals surface area contributed by atoms with E-state index in [0.29, 0.717) is 16.6 Å². The minimum absolute atomic E-state index is 0.187. The number of phenols is 1. The highest BCUT2D eigenvalue weighted by Gasteiger charge is 2.15. The summed E-state index contributed by atoms with van der Waals surface area (Å²) in [7, 11) is 0. The molecule has 4 N–H and O–H groups in total. The summed E-state index contributed by atoms with van der Waals surface area (Å²) in [6.07, 6.45) is 3.59. The molecule has 1 atom stereocenters. The number of carbonyl (C=O) groups is 1. The van der Waals surface area contributed by atoms with Crippen molar-refractivity contribution in [2.75, 3.05) is 5.32 Å². The van der Waals surface area contributed by atoms with Crippen LogP contribution in [0.4, 0.5) is 5.69 Å². The molecule has 20 heavy (non-hydrogen) atoms. The molecule has 2 aromatic rings. The van der Waals surface area contributed by atoms with Crippen LogP contribution in [0.15, 0.2) is 47.2 Å². The molecule has 1 heterocycles. The van der Waals surface area contributed by atoms with Crippen molar-refractivity contribution in [1.82, 2.24) is 4.98 Å². The largest absolute Gasteiger partial charge is 0.508 e. The number of nitrogens with one attached hydrogen (secondary N) is 1. The number of rotatable bonds is 4. The first-order valence-electron chi connectivity index (χ1n) is 6.00. The van der Waals surface area contributed by atoms with E-state index in [2.05, 4.69) is 26.2 Å². The zero-order valence-corrected chi connectivity index (χ0v) is 12.2. The Morgan fingerprint density at radius 1 is 1.35 bits per heavy atom. The lowest BCUT2D eigenvalue weighted by Crippen LogP contribution is -2.37. The van der Waals surface area contributed by atoms with Crippen LogP contribution in [0.2, 0.25) is 0 Å². The average Bonchev–Trinajstić information content (AvgIpc) is 2.44. The molecule has 2 rings (SSSR count). The van der Waals surface area contributed by atoms with Crippen molar-refractivity contribution in [3.63, 3.8) is 0 Å². The third-order valence-corrected chi connectivity index (χ3v) is 3.39. The molecule has 1 aromatic carbocycles. The van der Waals surface area contributed by atoms with E-state index in [9.17, 15) is 9.90 Å². The molecule has 1 aromatic heterocycles. The summed E-state index contributed by atoms with van der Waals surface area (Å²) < 4.78 is 0.699. The number of anilines is 1. The number of hydrogen-bond donors (Lipinski definition) is 3. The monoisotopic (exact) mass is 335 g/mol. The number of nitrogens with two attached hydrogens (primary N) is 1. The fourth-order valence-electron chi connectivity index (χ4n) is 1.68. The van der Waals surface area contributed by atoms with Crippen LogP contribution in [0.3, 0.4) is 0 Å². The number of pyridine rings is 1. The molecule has 1 amide bonds. The molecule has 6 heteroatoms. The topological polar surface area (TPSA) is 88.2 Å². The number of benzene rings is 1. The van der Waals surface area contributed by atoms with E-state index < -0.39 is 6.04 Å². The third kappa shape index (κ3) is 3.79. The summed E-state index contributed by atoms with van der Waals surface area (Å²) in [6, 6.07) is 7.64. The summed E-state index contributed by atoms with van der Waals surface area (Å²) in [6.45, 7) is 0. The smallest absolute Gasteiger partial charge is 0.241 e. The Balaban J connectivity index is 1.99. The van der Waals surface area contributed by atoms with Crippen LogP contribution < -0.4 is 11.1 Å². The molecule has 0 fully saturated rings. The molecule has 0 bridgehead atoms. The first kappa shape index (κ1) is 14.5. The maximum absolute atomic E-state index is 12.0. The van der Waals surface area contributed by atoms with E-state index in [-0.39, 0.29) is 11.7 Å². The van der Waals surface area contributed by atoms with Gasteiger partial charge in [-0.1, -0.05) is 12.1 Å². The molecule has 104 valence electrons. The SMILES string of the molecule is NC(Cc1ccc(O)cc1)C(=O)Nc1ccncc1Br. The highest BCUT2D eigenvalue weighted by Crippen LogP contribution is 2.20. The number of aromatic hydroxyl groups is 1. The van der Waals surface area contributed by atoms with E-state index in [1.807, 2.05) is 0 Å². The minimum atomic E-state index is -0.667. The number of phenolic OH excluding ortho intramolecular Hbond substituents is 1. The quantitative estimate of drug-likeness (QED) is 0.797. The molecular weight excluding hydrogens is 322 g/mol. The molecule has 0 spiro atoms. The van der Waals surface area contributed by atoms with Gasteiger partial charge < -0.3 is 16.2 Å². The van der Waals surface area contributed by atoms with Gasteiger partial charge in [-0.25, -0.2) is 0 Å². The second kappa shape index (κ2) is 6.49. The second-order valence-electron chi connectivity index (χ2n) is 4.32. The Bertz CT molecular complexity index is 602. The molecule has 5 nitrogen and oxygen atoms in total. The highest BCUT2D eigenvalue weighted by molar-refractivity contribution is 9.10. The Kier molecular flexibility index (Phi) is 4.70. The van der Waals surface area contributed by atoms with Crippen LogP contribution in [0.25, 0.3) is 0 Å². The predicted molar refractivity (Wildman–Crippen MR) is 80.4 cm³/mol. The van der Waals surface area contributed by atoms with Gasteiger partial charge in [-0.2, -0.15) is 0 Å². The van der Waals surface area contributed by atoms with Crippen molar-refractivity contribution in [2.45, 2.75) is 12.5 Å². The zero-order chi connectivity index (χ0) is 14.5. The molecular formula is C14H14BrN3O2. The number of halogens is 1. The van der Waals surface area contributed by atoms with Gasteiger partial charge >= 0.3 is 0 Å². The number of nitrogens with zero attached hydrogens (tertiary/aromatic N) is 1. The Labute approximate surface area is 125 Å². The Morgan fingerprint density at radius 3 is 2.70 bits per heavy atom. The lowest BCUT2D eigenvalue weighted by Gasteiger charge is -2.13. The van der Waals surface area contributed by atoms with Gasteiger partial charge in [0, 0.05) is 12.4 Å². The molecule has 0 aliphatic rings. The van der Waals surface area contributed by atoms with Gasteiger partial charge in [-0.15, -0.1) is 0 Å².